The van der Waals surface area contributed by atoms with Crippen LogP contribution in [-0.2, 0) is 17.8 Å². The second-order valence-corrected chi connectivity index (χ2v) is 7.70. The van der Waals surface area contributed by atoms with Gasteiger partial charge in [-0.3, -0.25) is 4.79 Å². The van der Waals surface area contributed by atoms with Gasteiger partial charge in [-0.15, -0.1) is 0 Å². The molecular formula is C19H16FIO3. The third kappa shape index (κ3) is 2.49. The lowest BCUT2D eigenvalue weighted by Crippen LogP contribution is -2.06. The normalized spacial score (nSPS) is 23.5. The van der Waals surface area contributed by atoms with E-state index in [1.165, 1.54) is 11.6 Å². The average Bonchev–Trinajstić information content (AvgIpc) is 3.14. The first-order valence-corrected chi connectivity index (χ1v) is 8.97. The number of carboxylic acid groups (broad SMARTS) is 1. The molecule has 1 N–H and O–H groups in total. The molecule has 24 heavy (non-hydrogen) atoms. The maximum absolute atomic E-state index is 14.0. The first-order valence-electron chi connectivity index (χ1n) is 7.89. The Hall–Kier alpha value is -1.63. The van der Waals surface area contributed by atoms with Gasteiger partial charge < -0.3 is 9.84 Å². The van der Waals surface area contributed by atoms with Crippen LogP contribution in [0.3, 0.4) is 0 Å². The van der Waals surface area contributed by atoms with Crippen molar-refractivity contribution in [2.45, 2.75) is 25.9 Å². The van der Waals surface area contributed by atoms with Crippen molar-refractivity contribution in [1.29, 1.82) is 0 Å². The second kappa shape index (κ2) is 5.72. The highest BCUT2D eigenvalue weighted by atomic mass is 127. The van der Waals surface area contributed by atoms with E-state index in [1.54, 1.807) is 6.07 Å². The summed E-state index contributed by atoms with van der Waals surface area (Å²) in [5.74, 6) is -0.0442. The van der Waals surface area contributed by atoms with E-state index in [1.807, 2.05) is 25.1 Å². The zero-order chi connectivity index (χ0) is 17.0. The molecule has 5 heteroatoms. The van der Waals surface area contributed by atoms with E-state index < -0.39 is 5.97 Å². The van der Waals surface area contributed by atoms with E-state index in [4.69, 9.17) is 9.84 Å². The van der Waals surface area contributed by atoms with Crippen molar-refractivity contribution in [3.05, 3.63) is 62.0 Å². The number of ether oxygens (including phenoxy) is 1. The minimum absolute atomic E-state index is 0.168. The van der Waals surface area contributed by atoms with Gasteiger partial charge in [0.2, 0.25) is 0 Å². The van der Waals surface area contributed by atoms with E-state index >= 15 is 0 Å². The van der Waals surface area contributed by atoms with Crippen LogP contribution in [0.15, 0.2) is 30.3 Å². The first kappa shape index (κ1) is 15.9. The molecule has 0 aliphatic heterocycles. The Labute approximate surface area is 153 Å². The highest BCUT2D eigenvalue weighted by molar-refractivity contribution is 14.1. The zero-order valence-corrected chi connectivity index (χ0v) is 15.2. The van der Waals surface area contributed by atoms with Crippen LogP contribution in [0.5, 0.6) is 5.75 Å². The minimum Gasteiger partial charge on any atom is -0.489 e. The number of carboxylic acids is 1. The number of halogens is 2. The van der Waals surface area contributed by atoms with Crippen molar-refractivity contribution < 1.29 is 19.0 Å². The predicted octanol–water partition coefficient (Wildman–Crippen LogP) is 4.29. The van der Waals surface area contributed by atoms with Gasteiger partial charge >= 0.3 is 5.97 Å². The lowest BCUT2D eigenvalue weighted by molar-refractivity contribution is -0.139. The number of hydrogen-bond acceptors (Lipinski definition) is 2. The maximum atomic E-state index is 14.0. The van der Waals surface area contributed by atoms with E-state index in [-0.39, 0.29) is 30.2 Å². The smallest absolute Gasteiger partial charge is 0.307 e. The monoisotopic (exact) mass is 438 g/mol. The van der Waals surface area contributed by atoms with Crippen LogP contribution in [0.2, 0.25) is 0 Å². The minimum atomic E-state index is -0.694. The summed E-state index contributed by atoms with van der Waals surface area (Å²) in [5.41, 5.74) is 3.79. The predicted molar refractivity (Wildman–Crippen MR) is 95.7 cm³/mol. The molecule has 1 unspecified atom stereocenters. The maximum Gasteiger partial charge on any atom is 0.307 e. The Morgan fingerprint density at radius 3 is 2.92 bits per heavy atom. The molecule has 1 saturated carbocycles. The van der Waals surface area contributed by atoms with E-state index in [2.05, 4.69) is 22.6 Å². The van der Waals surface area contributed by atoms with E-state index in [0.29, 0.717) is 11.3 Å². The van der Waals surface area contributed by atoms with E-state index in [0.717, 1.165) is 21.1 Å². The Balaban J connectivity index is 1.50. The summed E-state index contributed by atoms with van der Waals surface area (Å²) in [5, 5.41) is 9.16. The number of benzene rings is 2. The molecule has 0 radical (unpaired) electrons. The molecule has 3 nitrogen and oxygen atoms in total. The van der Waals surface area contributed by atoms with Crippen LogP contribution in [0.25, 0.3) is 0 Å². The van der Waals surface area contributed by atoms with Crippen LogP contribution >= 0.6 is 22.6 Å². The highest BCUT2D eigenvalue weighted by Crippen LogP contribution is 2.61. The molecular weight excluding hydrogens is 422 g/mol. The van der Waals surface area contributed by atoms with Crippen molar-refractivity contribution in [2.24, 2.45) is 11.8 Å². The molecule has 0 saturated heterocycles. The number of hydrogen-bond donors (Lipinski definition) is 1. The molecule has 124 valence electrons. The van der Waals surface area contributed by atoms with Crippen LogP contribution in [0, 0.1) is 28.1 Å². The molecule has 2 aliphatic rings. The molecule has 1 fully saturated rings. The SMILES string of the molecule is Cc1c(I)ccc(F)c1COc1ccc2c(c1)C[C@H]1C(C(=O)O)[C@@H]21. The Kier molecular flexibility index (Phi) is 3.78. The quantitative estimate of drug-likeness (QED) is 0.725. The number of rotatable bonds is 4. The van der Waals surface area contributed by atoms with Crippen LogP contribution < -0.4 is 4.74 Å². The molecule has 0 amide bonds. The molecule has 2 aromatic rings. The van der Waals surface area contributed by atoms with Gasteiger partial charge in [0.05, 0.1) is 5.92 Å². The Morgan fingerprint density at radius 1 is 1.38 bits per heavy atom. The third-order valence-electron chi connectivity index (χ3n) is 5.24. The molecule has 0 heterocycles. The third-order valence-corrected chi connectivity index (χ3v) is 6.41. The average molecular weight is 438 g/mol. The van der Waals surface area contributed by atoms with Crippen molar-refractivity contribution in [3.63, 3.8) is 0 Å². The van der Waals surface area contributed by atoms with E-state index in [9.17, 15) is 9.18 Å². The van der Waals surface area contributed by atoms with Gasteiger partial charge in [0, 0.05) is 15.1 Å². The summed E-state index contributed by atoms with van der Waals surface area (Å²) in [6.45, 7) is 2.09. The second-order valence-electron chi connectivity index (χ2n) is 6.54. The van der Waals surface area contributed by atoms with Gasteiger partial charge in [-0.25, -0.2) is 4.39 Å². The Morgan fingerprint density at radius 2 is 2.17 bits per heavy atom. The fourth-order valence-corrected chi connectivity index (χ4v) is 4.35. The lowest BCUT2D eigenvalue weighted by Gasteiger charge is -2.13. The van der Waals surface area contributed by atoms with Crippen LogP contribution in [0.1, 0.15) is 28.2 Å². The van der Waals surface area contributed by atoms with Gasteiger partial charge in [0.15, 0.2) is 0 Å². The first-order chi connectivity index (χ1) is 11.5. The molecule has 0 bridgehead atoms. The summed E-state index contributed by atoms with van der Waals surface area (Å²) in [7, 11) is 0. The van der Waals surface area contributed by atoms with Gasteiger partial charge in [-0.1, -0.05) is 6.07 Å². The molecule has 0 aromatic heterocycles. The van der Waals surface area contributed by atoms with Gasteiger partial charge in [-0.2, -0.15) is 0 Å². The van der Waals surface area contributed by atoms with Crippen molar-refractivity contribution in [1.82, 2.24) is 0 Å². The highest BCUT2D eigenvalue weighted by Gasteiger charge is 2.59. The van der Waals surface area contributed by atoms with Crippen molar-refractivity contribution in [2.75, 3.05) is 0 Å². The fraction of sp³-hybridized carbons (Fsp3) is 0.316. The standard InChI is InChI=1S/C19H16FIO3/c1-9-14(15(20)4-5-16(9)21)8-24-11-2-3-12-10(6-11)7-13-17(12)18(13)19(22)23/h2-6,13,17-18H,7-8H2,1H3,(H,22,23)/t13-,17+,18?/m1/s1. The summed E-state index contributed by atoms with van der Waals surface area (Å²) < 4.78 is 20.8. The zero-order valence-electron chi connectivity index (χ0n) is 13.1. The van der Waals surface area contributed by atoms with Gasteiger partial charge in [-0.05, 0) is 82.8 Å². The topological polar surface area (TPSA) is 46.5 Å². The number of fused-ring (bicyclic) bond motifs is 3. The molecule has 0 spiro atoms. The Bertz CT molecular complexity index is 849. The molecule has 2 aromatic carbocycles. The van der Waals surface area contributed by atoms with Crippen molar-refractivity contribution in [3.8, 4) is 5.75 Å². The largest absolute Gasteiger partial charge is 0.489 e. The molecule has 3 atom stereocenters. The summed E-state index contributed by atoms with van der Waals surface area (Å²) >= 11 is 2.19. The summed E-state index contributed by atoms with van der Waals surface area (Å²) in [6, 6.07) is 9.03. The van der Waals surface area contributed by atoms with Crippen LogP contribution in [0.4, 0.5) is 4.39 Å². The fourth-order valence-electron chi connectivity index (χ4n) is 3.84. The molecule has 4 rings (SSSR count). The number of aliphatic carboxylic acids is 1. The van der Waals surface area contributed by atoms with Gasteiger partial charge in [0.25, 0.3) is 0 Å². The molecule has 2 aliphatic carbocycles. The summed E-state index contributed by atoms with van der Waals surface area (Å²) in [4.78, 5) is 11.1. The lowest BCUT2D eigenvalue weighted by atomic mass is 10.0. The van der Waals surface area contributed by atoms with Gasteiger partial charge in [0.1, 0.15) is 18.2 Å². The summed E-state index contributed by atoms with van der Waals surface area (Å²) in [6.07, 6.45) is 0.796. The van der Waals surface area contributed by atoms with Crippen LogP contribution in [-0.4, -0.2) is 11.1 Å². The number of carbonyl (C=O) groups is 1. The van der Waals surface area contributed by atoms with Crippen molar-refractivity contribution >= 4 is 28.6 Å².